The van der Waals surface area contributed by atoms with Gasteiger partial charge in [-0.3, -0.25) is 9.79 Å². The maximum atomic E-state index is 11.6. The molecular formula is C20H29N5O. The third kappa shape index (κ3) is 4.77. The number of carbonyl (C=O) groups is 1. The number of H-pyrrole nitrogens is 1. The summed E-state index contributed by atoms with van der Waals surface area (Å²) in [4.78, 5) is 19.6. The predicted octanol–water partition coefficient (Wildman–Crippen LogP) is 2.10. The van der Waals surface area contributed by atoms with Crippen molar-refractivity contribution in [3.63, 3.8) is 0 Å². The molecule has 140 valence electrons. The van der Waals surface area contributed by atoms with Crippen molar-refractivity contribution in [1.82, 2.24) is 20.9 Å². The topological polar surface area (TPSA) is 81.3 Å². The SMILES string of the molecule is CCNC(=NCCc1c[nH]c2cccc(C)c12)NCCNC(=O)C1CC1. The lowest BCUT2D eigenvalue weighted by Gasteiger charge is -2.11. The molecular weight excluding hydrogens is 326 g/mol. The highest BCUT2D eigenvalue weighted by Gasteiger charge is 2.28. The maximum Gasteiger partial charge on any atom is 0.223 e. The molecule has 6 heteroatoms. The molecule has 1 fully saturated rings. The number of rotatable bonds is 8. The number of benzene rings is 1. The van der Waals surface area contributed by atoms with E-state index >= 15 is 0 Å². The van der Waals surface area contributed by atoms with Crippen molar-refractivity contribution in [2.75, 3.05) is 26.2 Å². The van der Waals surface area contributed by atoms with E-state index in [1.165, 1.54) is 22.0 Å². The number of nitrogens with one attached hydrogen (secondary N) is 4. The lowest BCUT2D eigenvalue weighted by molar-refractivity contribution is -0.122. The number of aliphatic imine (C=N–C) groups is 1. The number of aromatic amines is 1. The van der Waals surface area contributed by atoms with E-state index in [2.05, 4.69) is 64.2 Å². The van der Waals surface area contributed by atoms with Crippen molar-refractivity contribution in [2.24, 2.45) is 10.9 Å². The average Bonchev–Trinajstić information content (AvgIpc) is 3.40. The summed E-state index contributed by atoms with van der Waals surface area (Å²) >= 11 is 0. The Kier molecular flexibility index (Phi) is 6.15. The first kappa shape index (κ1) is 18.3. The molecule has 0 unspecified atom stereocenters. The fraction of sp³-hybridized carbons (Fsp3) is 0.500. The smallest absolute Gasteiger partial charge is 0.223 e. The molecule has 1 aliphatic rings. The second kappa shape index (κ2) is 8.74. The van der Waals surface area contributed by atoms with Crippen molar-refractivity contribution in [3.8, 4) is 0 Å². The molecule has 26 heavy (non-hydrogen) atoms. The molecule has 0 aliphatic heterocycles. The number of carbonyl (C=O) groups excluding carboxylic acids is 1. The molecule has 0 atom stereocenters. The zero-order valence-electron chi connectivity index (χ0n) is 15.7. The number of fused-ring (bicyclic) bond motifs is 1. The fourth-order valence-corrected chi connectivity index (χ4v) is 3.13. The molecule has 0 spiro atoms. The summed E-state index contributed by atoms with van der Waals surface area (Å²) in [6.07, 6.45) is 5.05. The summed E-state index contributed by atoms with van der Waals surface area (Å²) in [6.45, 7) is 7.02. The third-order valence-corrected chi connectivity index (χ3v) is 4.66. The maximum absolute atomic E-state index is 11.6. The Balaban J connectivity index is 1.49. The zero-order chi connectivity index (χ0) is 18.4. The van der Waals surface area contributed by atoms with E-state index in [0.717, 1.165) is 31.8 Å². The van der Waals surface area contributed by atoms with Crippen molar-refractivity contribution in [2.45, 2.75) is 33.1 Å². The quantitative estimate of drug-likeness (QED) is 0.333. The van der Waals surface area contributed by atoms with Crippen LogP contribution < -0.4 is 16.0 Å². The first-order valence-electron chi connectivity index (χ1n) is 9.54. The van der Waals surface area contributed by atoms with Crippen LogP contribution in [0.15, 0.2) is 29.4 Å². The summed E-state index contributed by atoms with van der Waals surface area (Å²) < 4.78 is 0. The van der Waals surface area contributed by atoms with Gasteiger partial charge in [-0.1, -0.05) is 12.1 Å². The molecule has 1 aromatic heterocycles. The van der Waals surface area contributed by atoms with Gasteiger partial charge in [0, 0.05) is 49.2 Å². The monoisotopic (exact) mass is 355 g/mol. The lowest BCUT2D eigenvalue weighted by Crippen LogP contribution is -2.41. The summed E-state index contributed by atoms with van der Waals surface area (Å²) in [5.41, 5.74) is 3.77. The second-order valence-corrected chi connectivity index (χ2v) is 6.81. The Morgan fingerprint density at radius 3 is 2.81 bits per heavy atom. The number of amides is 1. The van der Waals surface area contributed by atoms with E-state index in [-0.39, 0.29) is 11.8 Å². The fourth-order valence-electron chi connectivity index (χ4n) is 3.13. The number of aromatic nitrogens is 1. The molecule has 0 saturated heterocycles. The van der Waals surface area contributed by atoms with Crippen molar-refractivity contribution in [3.05, 3.63) is 35.5 Å². The number of nitrogens with zero attached hydrogens (tertiary/aromatic N) is 1. The standard InChI is InChI=1S/C20H29N5O/c1-3-21-20(24-12-11-22-19(26)15-7-8-15)23-10-9-16-13-25-17-6-4-5-14(2)18(16)17/h4-6,13,15,25H,3,7-12H2,1-2H3,(H,22,26)(H2,21,23,24). The average molecular weight is 355 g/mol. The second-order valence-electron chi connectivity index (χ2n) is 6.81. The minimum absolute atomic E-state index is 0.184. The van der Waals surface area contributed by atoms with Gasteiger partial charge in [-0.2, -0.15) is 0 Å². The molecule has 0 bridgehead atoms. The van der Waals surface area contributed by atoms with E-state index in [1.807, 2.05) is 0 Å². The molecule has 1 aromatic carbocycles. The summed E-state index contributed by atoms with van der Waals surface area (Å²) in [5, 5.41) is 10.8. The number of aryl methyl sites for hydroxylation is 1. The number of hydrogen-bond acceptors (Lipinski definition) is 2. The van der Waals surface area contributed by atoms with E-state index < -0.39 is 0 Å². The van der Waals surface area contributed by atoms with Gasteiger partial charge in [0.1, 0.15) is 0 Å². The minimum atomic E-state index is 0.184. The normalized spacial score (nSPS) is 14.5. The van der Waals surface area contributed by atoms with Crippen LogP contribution in [-0.4, -0.2) is 43.0 Å². The Morgan fingerprint density at radius 1 is 1.23 bits per heavy atom. The highest BCUT2D eigenvalue weighted by Crippen LogP contribution is 2.28. The van der Waals surface area contributed by atoms with Gasteiger partial charge in [-0.05, 0) is 50.3 Å². The molecule has 4 N–H and O–H groups in total. The number of guanidine groups is 1. The van der Waals surface area contributed by atoms with Crippen LogP contribution in [0, 0.1) is 12.8 Å². The van der Waals surface area contributed by atoms with Crippen LogP contribution in [0.5, 0.6) is 0 Å². The van der Waals surface area contributed by atoms with Gasteiger partial charge in [0.2, 0.25) is 5.91 Å². The van der Waals surface area contributed by atoms with E-state index in [9.17, 15) is 4.79 Å². The highest BCUT2D eigenvalue weighted by molar-refractivity contribution is 5.86. The van der Waals surface area contributed by atoms with Crippen molar-refractivity contribution in [1.29, 1.82) is 0 Å². The van der Waals surface area contributed by atoms with Gasteiger partial charge >= 0.3 is 0 Å². The van der Waals surface area contributed by atoms with Crippen LogP contribution >= 0.6 is 0 Å². The van der Waals surface area contributed by atoms with Crippen LogP contribution in [0.3, 0.4) is 0 Å². The predicted molar refractivity (Wildman–Crippen MR) is 106 cm³/mol. The van der Waals surface area contributed by atoms with Gasteiger partial charge in [0.15, 0.2) is 5.96 Å². The van der Waals surface area contributed by atoms with Crippen molar-refractivity contribution < 1.29 is 4.79 Å². The van der Waals surface area contributed by atoms with Crippen LogP contribution in [0.2, 0.25) is 0 Å². The molecule has 3 rings (SSSR count). The van der Waals surface area contributed by atoms with Crippen LogP contribution in [-0.2, 0) is 11.2 Å². The first-order chi connectivity index (χ1) is 12.7. The molecule has 1 saturated carbocycles. The molecule has 1 aliphatic carbocycles. The molecule has 0 radical (unpaired) electrons. The Labute approximate surface area is 154 Å². The Morgan fingerprint density at radius 2 is 2.04 bits per heavy atom. The summed E-state index contributed by atoms with van der Waals surface area (Å²) in [7, 11) is 0. The van der Waals surface area contributed by atoms with E-state index in [0.29, 0.717) is 19.6 Å². The van der Waals surface area contributed by atoms with Crippen LogP contribution in [0.25, 0.3) is 10.9 Å². The molecule has 1 heterocycles. The first-order valence-corrected chi connectivity index (χ1v) is 9.54. The molecule has 1 amide bonds. The minimum Gasteiger partial charge on any atom is -0.361 e. The highest BCUT2D eigenvalue weighted by atomic mass is 16.2. The van der Waals surface area contributed by atoms with E-state index in [1.54, 1.807) is 0 Å². The Hall–Kier alpha value is -2.50. The van der Waals surface area contributed by atoms with Gasteiger partial charge in [0.05, 0.1) is 0 Å². The lowest BCUT2D eigenvalue weighted by atomic mass is 10.1. The summed E-state index contributed by atoms with van der Waals surface area (Å²) in [6, 6.07) is 6.33. The van der Waals surface area contributed by atoms with Gasteiger partial charge in [-0.25, -0.2) is 0 Å². The van der Waals surface area contributed by atoms with Gasteiger partial charge in [-0.15, -0.1) is 0 Å². The van der Waals surface area contributed by atoms with Crippen LogP contribution in [0.1, 0.15) is 30.9 Å². The third-order valence-electron chi connectivity index (χ3n) is 4.66. The Bertz CT molecular complexity index is 776. The molecule has 6 nitrogen and oxygen atoms in total. The molecule has 2 aromatic rings. The largest absolute Gasteiger partial charge is 0.361 e. The van der Waals surface area contributed by atoms with Crippen molar-refractivity contribution >= 4 is 22.8 Å². The number of hydrogen-bond donors (Lipinski definition) is 4. The summed E-state index contributed by atoms with van der Waals surface area (Å²) in [5.74, 6) is 1.24. The van der Waals surface area contributed by atoms with E-state index in [4.69, 9.17) is 0 Å². The van der Waals surface area contributed by atoms with Crippen LogP contribution in [0.4, 0.5) is 0 Å². The van der Waals surface area contributed by atoms with Gasteiger partial charge < -0.3 is 20.9 Å². The zero-order valence-corrected chi connectivity index (χ0v) is 15.7. The van der Waals surface area contributed by atoms with Gasteiger partial charge in [0.25, 0.3) is 0 Å².